The Morgan fingerprint density at radius 3 is 2.80 bits per heavy atom. The van der Waals surface area contributed by atoms with Crippen molar-refractivity contribution in [3.63, 3.8) is 0 Å². The van der Waals surface area contributed by atoms with Crippen LogP contribution in [0.3, 0.4) is 0 Å². The number of azide groups is 1. The zero-order chi connectivity index (χ0) is 14.4. The average molecular weight is 274 g/mol. The normalized spacial score (nSPS) is 15.6. The quantitative estimate of drug-likeness (QED) is 0.365. The molecule has 6 heteroatoms. The minimum absolute atomic E-state index is 0.0159. The minimum Gasteiger partial charge on any atom is -0.466 e. The van der Waals surface area contributed by atoms with E-state index in [2.05, 4.69) is 14.9 Å². The SMILES string of the molecule is CCOC(=O)C1CCN(c2ccccc2N=[N+]=[N-])CC1. The molecule has 1 fully saturated rings. The topological polar surface area (TPSA) is 78.3 Å². The van der Waals surface area contributed by atoms with Gasteiger partial charge in [-0.3, -0.25) is 4.79 Å². The average Bonchev–Trinajstić information content (AvgIpc) is 2.49. The van der Waals surface area contributed by atoms with Crippen LogP contribution in [-0.4, -0.2) is 25.7 Å². The number of hydrogen-bond acceptors (Lipinski definition) is 4. The van der Waals surface area contributed by atoms with Crippen LogP contribution in [0.1, 0.15) is 19.8 Å². The second-order valence-corrected chi connectivity index (χ2v) is 4.69. The number of para-hydroxylation sites is 1. The maximum Gasteiger partial charge on any atom is 0.309 e. The first-order chi connectivity index (χ1) is 9.76. The van der Waals surface area contributed by atoms with E-state index in [4.69, 9.17) is 10.3 Å². The van der Waals surface area contributed by atoms with Gasteiger partial charge in [-0.15, -0.1) is 0 Å². The Labute approximate surface area is 118 Å². The molecule has 0 saturated carbocycles. The van der Waals surface area contributed by atoms with E-state index in [9.17, 15) is 4.79 Å². The molecule has 1 aliphatic rings. The summed E-state index contributed by atoms with van der Waals surface area (Å²) in [5.41, 5.74) is 10.1. The number of carbonyl (C=O) groups excluding carboxylic acids is 1. The number of carbonyl (C=O) groups is 1. The van der Waals surface area contributed by atoms with Crippen molar-refractivity contribution in [1.29, 1.82) is 0 Å². The first-order valence-electron chi connectivity index (χ1n) is 6.82. The highest BCUT2D eigenvalue weighted by molar-refractivity contribution is 5.73. The highest BCUT2D eigenvalue weighted by atomic mass is 16.5. The predicted octanol–water partition coefficient (Wildman–Crippen LogP) is 3.41. The number of nitrogens with zero attached hydrogens (tertiary/aromatic N) is 4. The van der Waals surface area contributed by atoms with E-state index in [1.165, 1.54) is 0 Å². The van der Waals surface area contributed by atoms with Crippen molar-refractivity contribution in [2.75, 3.05) is 24.6 Å². The Bertz CT molecular complexity index is 518. The molecule has 0 aliphatic carbocycles. The second-order valence-electron chi connectivity index (χ2n) is 4.69. The first kappa shape index (κ1) is 14.2. The Morgan fingerprint density at radius 2 is 2.15 bits per heavy atom. The summed E-state index contributed by atoms with van der Waals surface area (Å²) in [5.74, 6) is -0.117. The summed E-state index contributed by atoms with van der Waals surface area (Å²) >= 11 is 0. The summed E-state index contributed by atoms with van der Waals surface area (Å²) in [4.78, 5) is 16.7. The van der Waals surface area contributed by atoms with Gasteiger partial charge in [-0.1, -0.05) is 23.3 Å². The Hall–Kier alpha value is -2.20. The molecular weight excluding hydrogens is 256 g/mol. The Balaban J connectivity index is 2.04. The molecule has 1 aliphatic heterocycles. The summed E-state index contributed by atoms with van der Waals surface area (Å²) in [7, 11) is 0. The summed E-state index contributed by atoms with van der Waals surface area (Å²) in [5, 5.41) is 3.71. The standard InChI is InChI=1S/C14H18N4O2/c1-2-20-14(19)11-7-9-18(10-8-11)13-6-4-3-5-12(13)16-17-15/h3-6,11H,2,7-10H2,1H3. The Morgan fingerprint density at radius 1 is 1.45 bits per heavy atom. The predicted molar refractivity (Wildman–Crippen MR) is 76.8 cm³/mol. The van der Waals surface area contributed by atoms with E-state index in [1.54, 1.807) is 6.07 Å². The molecular formula is C14H18N4O2. The van der Waals surface area contributed by atoms with Crippen molar-refractivity contribution >= 4 is 17.3 Å². The molecule has 0 spiro atoms. The highest BCUT2D eigenvalue weighted by Gasteiger charge is 2.26. The fourth-order valence-electron chi connectivity index (χ4n) is 2.48. The van der Waals surface area contributed by atoms with Crippen LogP contribution in [0.15, 0.2) is 29.4 Å². The van der Waals surface area contributed by atoms with Gasteiger partial charge < -0.3 is 9.64 Å². The van der Waals surface area contributed by atoms with Crippen LogP contribution in [0.2, 0.25) is 0 Å². The van der Waals surface area contributed by atoms with Crippen LogP contribution in [0.4, 0.5) is 11.4 Å². The van der Waals surface area contributed by atoms with Crippen LogP contribution in [0.5, 0.6) is 0 Å². The van der Waals surface area contributed by atoms with Crippen molar-refractivity contribution in [1.82, 2.24) is 0 Å². The molecule has 0 atom stereocenters. The maximum absolute atomic E-state index is 11.7. The van der Waals surface area contributed by atoms with Crippen LogP contribution in [0, 0.1) is 5.92 Å². The molecule has 0 N–H and O–H groups in total. The second kappa shape index (κ2) is 6.82. The van der Waals surface area contributed by atoms with Crippen molar-refractivity contribution in [3.8, 4) is 0 Å². The number of hydrogen-bond donors (Lipinski definition) is 0. The number of benzene rings is 1. The number of piperidine rings is 1. The Kier molecular flexibility index (Phi) is 4.85. The van der Waals surface area contributed by atoms with Gasteiger partial charge in [0, 0.05) is 23.7 Å². The zero-order valence-electron chi connectivity index (χ0n) is 11.5. The van der Waals surface area contributed by atoms with Crippen LogP contribution in [-0.2, 0) is 9.53 Å². The van der Waals surface area contributed by atoms with Gasteiger partial charge in [-0.25, -0.2) is 0 Å². The largest absolute Gasteiger partial charge is 0.466 e. The lowest BCUT2D eigenvalue weighted by molar-refractivity contribution is -0.148. The van der Waals surface area contributed by atoms with Crippen molar-refractivity contribution < 1.29 is 9.53 Å². The molecule has 0 aromatic heterocycles. The summed E-state index contributed by atoms with van der Waals surface area (Å²) in [6, 6.07) is 7.50. The molecule has 106 valence electrons. The van der Waals surface area contributed by atoms with E-state index in [0.29, 0.717) is 12.3 Å². The van der Waals surface area contributed by atoms with Crippen LogP contribution >= 0.6 is 0 Å². The molecule has 20 heavy (non-hydrogen) atoms. The van der Waals surface area contributed by atoms with Gasteiger partial charge in [0.15, 0.2) is 0 Å². The lowest BCUT2D eigenvalue weighted by Gasteiger charge is -2.33. The van der Waals surface area contributed by atoms with Crippen LogP contribution < -0.4 is 4.90 Å². The van der Waals surface area contributed by atoms with Crippen molar-refractivity contribution in [2.24, 2.45) is 11.0 Å². The highest BCUT2D eigenvalue weighted by Crippen LogP contribution is 2.32. The van der Waals surface area contributed by atoms with E-state index in [0.717, 1.165) is 31.6 Å². The number of ether oxygens (including phenoxy) is 1. The van der Waals surface area contributed by atoms with Gasteiger partial charge >= 0.3 is 5.97 Å². The smallest absolute Gasteiger partial charge is 0.309 e. The lowest BCUT2D eigenvalue weighted by Crippen LogP contribution is -2.37. The molecule has 1 heterocycles. The fraction of sp³-hybridized carbons (Fsp3) is 0.500. The molecule has 1 aromatic rings. The summed E-state index contributed by atoms with van der Waals surface area (Å²) in [6.45, 7) is 3.78. The third kappa shape index (κ3) is 3.22. The molecule has 1 aromatic carbocycles. The minimum atomic E-state index is -0.101. The monoisotopic (exact) mass is 274 g/mol. The van der Waals surface area contributed by atoms with E-state index in [-0.39, 0.29) is 11.9 Å². The molecule has 0 unspecified atom stereocenters. The zero-order valence-corrected chi connectivity index (χ0v) is 11.5. The van der Waals surface area contributed by atoms with E-state index < -0.39 is 0 Å². The van der Waals surface area contributed by atoms with Crippen molar-refractivity contribution in [3.05, 3.63) is 34.7 Å². The lowest BCUT2D eigenvalue weighted by atomic mass is 9.96. The molecule has 0 radical (unpaired) electrons. The molecule has 0 amide bonds. The molecule has 6 nitrogen and oxygen atoms in total. The fourth-order valence-corrected chi connectivity index (χ4v) is 2.48. The molecule has 0 bridgehead atoms. The van der Waals surface area contributed by atoms with Gasteiger partial charge in [-0.05, 0) is 31.4 Å². The van der Waals surface area contributed by atoms with E-state index >= 15 is 0 Å². The van der Waals surface area contributed by atoms with Gasteiger partial charge in [0.1, 0.15) is 0 Å². The van der Waals surface area contributed by atoms with E-state index in [1.807, 2.05) is 25.1 Å². The maximum atomic E-state index is 11.7. The summed E-state index contributed by atoms with van der Waals surface area (Å²) < 4.78 is 5.06. The number of anilines is 1. The number of esters is 1. The molecule has 2 rings (SSSR count). The van der Waals surface area contributed by atoms with Gasteiger partial charge in [0.2, 0.25) is 0 Å². The summed E-state index contributed by atoms with van der Waals surface area (Å²) in [6.07, 6.45) is 1.53. The van der Waals surface area contributed by atoms with Gasteiger partial charge in [0.05, 0.1) is 18.2 Å². The van der Waals surface area contributed by atoms with Crippen molar-refractivity contribution in [2.45, 2.75) is 19.8 Å². The van der Waals surface area contributed by atoms with Gasteiger partial charge in [0.25, 0.3) is 0 Å². The first-order valence-corrected chi connectivity index (χ1v) is 6.82. The third-order valence-electron chi connectivity index (χ3n) is 3.49. The molecule has 1 saturated heterocycles. The third-order valence-corrected chi connectivity index (χ3v) is 3.49. The van der Waals surface area contributed by atoms with Gasteiger partial charge in [-0.2, -0.15) is 0 Å². The van der Waals surface area contributed by atoms with Crippen LogP contribution in [0.25, 0.3) is 10.4 Å². The number of rotatable bonds is 4.